The molecule has 0 heterocycles. The smallest absolute Gasteiger partial charge is 0.0186 e. The summed E-state index contributed by atoms with van der Waals surface area (Å²) in [5.41, 5.74) is 1.48. The Kier molecular flexibility index (Phi) is 7.59. The molecule has 0 bridgehead atoms. The normalized spacial score (nSPS) is 14.5. The molecule has 0 aliphatic rings. The van der Waals surface area contributed by atoms with Crippen molar-refractivity contribution in [2.75, 3.05) is 0 Å². The second kappa shape index (κ2) is 8.74. The molecular formula is C16H25Br. The van der Waals surface area contributed by atoms with Gasteiger partial charge in [-0.15, -0.1) is 0 Å². The average molecular weight is 297 g/mol. The zero-order valence-corrected chi connectivity index (χ0v) is 12.7. The van der Waals surface area contributed by atoms with Crippen molar-refractivity contribution in [3.05, 3.63) is 35.9 Å². The summed E-state index contributed by atoms with van der Waals surface area (Å²) in [4.78, 5) is 0.566. The lowest BCUT2D eigenvalue weighted by molar-refractivity contribution is 0.544. The highest BCUT2D eigenvalue weighted by molar-refractivity contribution is 9.09. The molecule has 0 saturated carbocycles. The average Bonchev–Trinajstić information content (AvgIpc) is 2.34. The lowest BCUT2D eigenvalue weighted by atomic mass is 9.91. The zero-order chi connectivity index (χ0) is 12.5. The van der Waals surface area contributed by atoms with Gasteiger partial charge >= 0.3 is 0 Å². The van der Waals surface area contributed by atoms with Gasteiger partial charge in [-0.1, -0.05) is 92.2 Å². The number of rotatable bonds is 8. The molecule has 17 heavy (non-hydrogen) atoms. The van der Waals surface area contributed by atoms with E-state index in [0.29, 0.717) is 10.7 Å². The van der Waals surface area contributed by atoms with Crippen molar-refractivity contribution in [1.82, 2.24) is 0 Å². The van der Waals surface area contributed by atoms with Gasteiger partial charge in [0.15, 0.2) is 0 Å². The van der Waals surface area contributed by atoms with Gasteiger partial charge in [-0.3, -0.25) is 0 Å². The molecule has 0 fully saturated rings. The molecule has 0 nitrogen and oxygen atoms in total. The SMILES string of the molecule is CCCCCCCC(c1ccccc1)C(C)Br. The van der Waals surface area contributed by atoms with Gasteiger partial charge in [0.1, 0.15) is 0 Å². The highest BCUT2D eigenvalue weighted by Crippen LogP contribution is 2.30. The van der Waals surface area contributed by atoms with Crippen molar-refractivity contribution in [2.24, 2.45) is 0 Å². The van der Waals surface area contributed by atoms with Gasteiger partial charge in [0, 0.05) is 4.83 Å². The fourth-order valence-corrected chi connectivity index (χ4v) is 2.90. The molecule has 1 rings (SSSR count). The molecule has 2 atom stereocenters. The largest absolute Gasteiger partial charge is 0.0887 e. The van der Waals surface area contributed by atoms with Crippen LogP contribution >= 0.6 is 15.9 Å². The fraction of sp³-hybridized carbons (Fsp3) is 0.625. The monoisotopic (exact) mass is 296 g/mol. The van der Waals surface area contributed by atoms with E-state index in [1.165, 1.54) is 44.1 Å². The third-order valence-corrected chi connectivity index (χ3v) is 4.04. The summed E-state index contributed by atoms with van der Waals surface area (Å²) < 4.78 is 0. The molecule has 0 radical (unpaired) electrons. The van der Waals surface area contributed by atoms with Gasteiger partial charge in [0.25, 0.3) is 0 Å². The quantitative estimate of drug-likeness (QED) is 0.413. The van der Waals surface area contributed by atoms with Crippen LogP contribution in [0, 0.1) is 0 Å². The van der Waals surface area contributed by atoms with Gasteiger partial charge in [0.2, 0.25) is 0 Å². The molecule has 0 saturated heterocycles. The molecule has 0 N–H and O–H groups in total. The first-order valence-electron chi connectivity index (χ1n) is 6.94. The number of benzene rings is 1. The van der Waals surface area contributed by atoms with Crippen LogP contribution in [0.3, 0.4) is 0 Å². The van der Waals surface area contributed by atoms with E-state index in [2.05, 4.69) is 60.1 Å². The van der Waals surface area contributed by atoms with Crippen LogP contribution in [0.1, 0.15) is 63.9 Å². The lowest BCUT2D eigenvalue weighted by Gasteiger charge is -2.20. The predicted octanol–water partition coefficient (Wildman–Crippen LogP) is 5.91. The maximum absolute atomic E-state index is 3.76. The number of hydrogen-bond donors (Lipinski definition) is 0. The van der Waals surface area contributed by atoms with E-state index < -0.39 is 0 Å². The number of unbranched alkanes of at least 4 members (excludes halogenated alkanes) is 4. The topological polar surface area (TPSA) is 0 Å². The van der Waals surface area contributed by atoms with Crippen molar-refractivity contribution < 1.29 is 0 Å². The third-order valence-electron chi connectivity index (χ3n) is 3.40. The molecule has 0 aliphatic carbocycles. The Bertz CT molecular complexity index is 279. The third kappa shape index (κ3) is 5.72. The second-order valence-corrected chi connectivity index (χ2v) is 6.34. The molecule has 0 spiro atoms. The molecule has 0 aliphatic heterocycles. The minimum absolute atomic E-state index is 0.566. The molecule has 1 aromatic carbocycles. The van der Waals surface area contributed by atoms with Crippen LogP contribution in [-0.2, 0) is 0 Å². The Morgan fingerprint density at radius 2 is 1.65 bits per heavy atom. The Hall–Kier alpha value is -0.300. The van der Waals surface area contributed by atoms with Crippen LogP contribution in [0.4, 0.5) is 0 Å². The first-order valence-corrected chi connectivity index (χ1v) is 7.86. The van der Waals surface area contributed by atoms with Crippen molar-refractivity contribution in [3.63, 3.8) is 0 Å². The Balaban J connectivity index is 2.40. The summed E-state index contributed by atoms with van der Waals surface area (Å²) in [7, 11) is 0. The Labute approximate surface area is 115 Å². The minimum Gasteiger partial charge on any atom is -0.0887 e. The van der Waals surface area contributed by atoms with Crippen LogP contribution in [0.25, 0.3) is 0 Å². The van der Waals surface area contributed by atoms with E-state index in [9.17, 15) is 0 Å². The van der Waals surface area contributed by atoms with Gasteiger partial charge in [0.05, 0.1) is 0 Å². The highest BCUT2D eigenvalue weighted by atomic mass is 79.9. The van der Waals surface area contributed by atoms with Crippen LogP contribution in [-0.4, -0.2) is 4.83 Å². The van der Waals surface area contributed by atoms with E-state index in [1.54, 1.807) is 0 Å². The fourth-order valence-electron chi connectivity index (χ4n) is 2.33. The van der Waals surface area contributed by atoms with E-state index >= 15 is 0 Å². The van der Waals surface area contributed by atoms with Crippen LogP contribution in [0.5, 0.6) is 0 Å². The van der Waals surface area contributed by atoms with Crippen molar-refractivity contribution >= 4 is 15.9 Å². The highest BCUT2D eigenvalue weighted by Gasteiger charge is 2.15. The maximum Gasteiger partial charge on any atom is 0.0186 e. The summed E-state index contributed by atoms with van der Waals surface area (Å²) in [5, 5.41) is 0. The molecule has 0 aromatic heterocycles. The molecule has 0 amide bonds. The minimum atomic E-state index is 0.566. The maximum atomic E-state index is 3.76. The van der Waals surface area contributed by atoms with Crippen LogP contribution < -0.4 is 0 Å². The summed E-state index contributed by atoms with van der Waals surface area (Å²) in [6.45, 7) is 4.54. The van der Waals surface area contributed by atoms with E-state index in [-0.39, 0.29) is 0 Å². The molecule has 1 aromatic rings. The Morgan fingerprint density at radius 1 is 1.00 bits per heavy atom. The van der Waals surface area contributed by atoms with Gasteiger partial charge in [-0.05, 0) is 17.9 Å². The van der Waals surface area contributed by atoms with E-state index in [1.807, 2.05) is 0 Å². The van der Waals surface area contributed by atoms with Crippen molar-refractivity contribution in [1.29, 1.82) is 0 Å². The summed E-state index contributed by atoms with van der Waals surface area (Å²) in [6, 6.07) is 10.9. The second-order valence-electron chi connectivity index (χ2n) is 4.90. The summed E-state index contributed by atoms with van der Waals surface area (Å²) in [6.07, 6.45) is 8.16. The predicted molar refractivity (Wildman–Crippen MR) is 80.9 cm³/mol. The Morgan fingerprint density at radius 3 is 2.24 bits per heavy atom. The van der Waals surface area contributed by atoms with Crippen LogP contribution in [0.15, 0.2) is 30.3 Å². The first-order chi connectivity index (χ1) is 8.25. The lowest BCUT2D eigenvalue weighted by Crippen LogP contribution is -2.08. The van der Waals surface area contributed by atoms with Gasteiger partial charge in [-0.2, -0.15) is 0 Å². The van der Waals surface area contributed by atoms with Crippen LogP contribution in [0.2, 0.25) is 0 Å². The van der Waals surface area contributed by atoms with Gasteiger partial charge < -0.3 is 0 Å². The van der Waals surface area contributed by atoms with Crippen molar-refractivity contribution in [2.45, 2.75) is 63.1 Å². The molecule has 96 valence electrons. The number of hydrogen-bond acceptors (Lipinski definition) is 0. The van der Waals surface area contributed by atoms with E-state index in [0.717, 1.165) is 0 Å². The zero-order valence-electron chi connectivity index (χ0n) is 11.2. The summed E-state index contributed by atoms with van der Waals surface area (Å²) in [5.74, 6) is 0.665. The first kappa shape index (κ1) is 14.8. The molecule has 2 unspecified atom stereocenters. The standard InChI is InChI=1S/C16H25Br/c1-3-4-5-6-10-13-16(14(2)17)15-11-8-7-9-12-15/h7-9,11-12,14,16H,3-6,10,13H2,1-2H3. The molecule has 1 heteroatoms. The number of alkyl halides is 1. The van der Waals surface area contributed by atoms with E-state index in [4.69, 9.17) is 0 Å². The van der Waals surface area contributed by atoms with Crippen molar-refractivity contribution in [3.8, 4) is 0 Å². The number of halogens is 1. The summed E-state index contributed by atoms with van der Waals surface area (Å²) >= 11 is 3.76. The van der Waals surface area contributed by atoms with Gasteiger partial charge in [-0.25, -0.2) is 0 Å². The molecular weight excluding hydrogens is 272 g/mol.